The van der Waals surface area contributed by atoms with Crippen LogP contribution in [0, 0.1) is 3.70 Å². The molecule has 1 N–H and O–H groups in total. The first-order valence-corrected chi connectivity index (χ1v) is 7.68. The van der Waals surface area contributed by atoms with E-state index in [1.807, 2.05) is 49.4 Å². The molecule has 3 rings (SSSR count). The summed E-state index contributed by atoms with van der Waals surface area (Å²) >= 11 is 2.12. The second-order valence-electron chi connectivity index (χ2n) is 4.79. The van der Waals surface area contributed by atoms with Gasteiger partial charge in [-0.05, 0) is 53.8 Å². The highest BCUT2D eigenvalue weighted by molar-refractivity contribution is 14.1. The Morgan fingerprint density at radius 3 is 2.86 bits per heavy atom. The van der Waals surface area contributed by atoms with Crippen molar-refractivity contribution in [3.05, 3.63) is 46.2 Å². The van der Waals surface area contributed by atoms with E-state index < -0.39 is 0 Å². The molecule has 0 saturated heterocycles. The van der Waals surface area contributed by atoms with E-state index >= 15 is 0 Å². The van der Waals surface area contributed by atoms with E-state index in [0.717, 1.165) is 9.39 Å². The molecule has 2 amide bonds. The van der Waals surface area contributed by atoms with Gasteiger partial charge in [-0.2, -0.15) is 0 Å². The zero-order chi connectivity index (χ0) is 14.8. The first kappa shape index (κ1) is 14.1. The molecule has 0 radical (unpaired) electrons. The number of para-hydroxylation sites is 1. The van der Waals surface area contributed by atoms with Crippen LogP contribution in [0.1, 0.15) is 6.92 Å². The molecule has 2 heterocycles. The lowest BCUT2D eigenvalue weighted by Crippen LogP contribution is -2.45. The number of carbonyl (C=O) groups excluding carboxylic acids is 1. The molecule has 6 heteroatoms. The third kappa shape index (κ3) is 3.10. The Bertz CT molecular complexity index is 663. The Hall–Kier alpha value is -1.83. The number of benzene rings is 1. The van der Waals surface area contributed by atoms with Crippen molar-refractivity contribution < 1.29 is 9.53 Å². The second-order valence-corrected chi connectivity index (χ2v) is 5.90. The molecule has 0 bridgehead atoms. The molecule has 0 saturated carbocycles. The predicted molar refractivity (Wildman–Crippen MR) is 89.9 cm³/mol. The molecular formula is C15H14IN3O2. The van der Waals surface area contributed by atoms with Gasteiger partial charge < -0.3 is 10.1 Å². The average molecular weight is 395 g/mol. The van der Waals surface area contributed by atoms with Crippen molar-refractivity contribution in [2.75, 3.05) is 16.8 Å². The monoisotopic (exact) mass is 395 g/mol. The van der Waals surface area contributed by atoms with Crippen molar-refractivity contribution in [1.82, 2.24) is 4.98 Å². The molecule has 1 aromatic carbocycles. The lowest BCUT2D eigenvalue weighted by molar-refractivity contribution is 0.207. The van der Waals surface area contributed by atoms with E-state index in [4.69, 9.17) is 4.74 Å². The molecule has 21 heavy (non-hydrogen) atoms. The maximum absolute atomic E-state index is 12.5. The summed E-state index contributed by atoms with van der Waals surface area (Å²) in [7, 11) is 0. The van der Waals surface area contributed by atoms with E-state index in [2.05, 4.69) is 32.9 Å². The SMILES string of the molecule is CC1CN(C(=O)Nc2ccccc2)c2nc(I)ccc2O1. The topological polar surface area (TPSA) is 54.5 Å². The fraction of sp³-hybridized carbons (Fsp3) is 0.200. The summed E-state index contributed by atoms with van der Waals surface area (Å²) in [6.07, 6.45) is -0.0686. The first-order valence-electron chi connectivity index (χ1n) is 6.60. The molecule has 0 fully saturated rings. The molecular weight excluding hydrogens is 381 g/mol. The minimum Gasteiger partial charge on any atom is -0.485 e. The van der Waals surface area contributed by atoms with Crippen molar-refractivity contribution in [3.8, 4) is 5.75 Å². The fourth-order valence-electron chi connectivity index (χ4n) is 2.19. The van der Waals surface area contributed by atoms with E-state index in [1.165, 1.54) is 0 Å². The Morgan fingerprint density at radius 2 is 2.10 bits per heavy atom. The number of ether oxygens (including phenoxy) is 1. The van der Waals surface area contributed by atoms with Gasteiger partial charge in [-0.3, -0.25) is 4.90 Å². The first-order chi connectivity index (χ1) is 10.1. The maximum atomic E-state index is 12.5. The Balaban J connectivity index is 1.88. The summed E-state index contributed by atoms with van der Waals surface area (Å²) in [6.45, 7) is 2.41. The van der Waals surface area contributed by atoms with Crippen LogP contribution in [0.15, 0.2) is 42.5 Å². The zero-order valence-corrected chi connectivity index (χ0v) is 13.6. The van der Waals surface area contributed by atoms with Crippen LogP contribution in [0.5, 0.6) is 5.75 Å². The largest absolute Gasteiger partial charge is 0.485 e. The van der Waals surface area contributed by atoms with Gasteiger partial charge in [-0.15, -0.1) is 0 Å². The molecule has 1 aliphatic heterocycles. The lowest BCUT2D eigenvalue weighted by atomic mass is 10.2. The van der Waals surface area contributed by atoms with Gasteiger partial charge in [-0.1, -0.05) is 18.2 Å². The number of rotatable bonds is 1. The quantitative estimate of drug-likeness (QED) is 0.594. The number of nitrogens with one attached hydrogen (secondary N) is 1. The number of aromatic nitrogens is 1. The molecule has 0 spiro atoms. The van der Waals surface area contributed by atoms with Gasteiger partial charge in [0.1, 0.15) is 9.80 Å². The summed E-state index contributed by atoms with van der Waals surface area (Å²) in [6, 6.07) is 12.9. The van der Waals surface area contributed by atoms with Gasteiger partial charge in [0.15, 0.2) is 11.6 Å². The second kappa shape index (κ2) is 5.88. The highest BCUT2D eigenvalue weighted by atomic mass is 127. The van der Waals surface area contributed by atoms with Crippen molar-refractivity contribution >= 4 is 40.1 Å². The molecule has 108 valence electrons. The van der Waals surface area contributed by atoms with Crippen molar-refractivity contribution in [2.45, 2.75) is 13.0 Å². The molecule has 2 aromatic rings. The number of hydrogen-bond acceptors (Lipinski definition) is 3. The van der Waals surface area contributed by atoms with Gasteiger partial charge in [0.05, 0.1) is 6.54 Å². The van der Waals surface area contributed by atoms with Gasteiger partial charge in [0.2, 0.25) is 0 Å². The summed E-state index contributed by atoms with van der Waals surface area (Å²) in [5, 5.41) is 2.88. The average Bonchev–Trinajstić information content (AvgIpc) is 2.48. The normalized spacial score (nSPS) is 16.9. The maximum Gasteiger partial charge on any atom is 0.327 e. The van der Waals surface area contributed by atoms with Crippen LogP contribution in [-0.2, 0) is 0 Å². The zero-order valence-electron chi connectivity index (χ0n) is 11.4. The van der Waals surface area contributed by atoms with Crippen LogP contribution >= 0.6 is 22.6 Å². The number of pyridine rings is 1. The minimum absolute atomic E-state index is 0.0686. The van der Waals surface area contributed by atoms with E-state index in [-0.39, 0.29) is 12.1 Å². The molecule has 1 atom stereocenters. The van der Waals surface area contributed by atoms with E-state index in [1.54, 1.807) is 4.90 Å². The predicted octanol–water partition coefficient (Wildman–Crippen LogP) is 3.51. The number of anilines is 2. The van der Waals surface area contributed by atoms with Crippen LogP contribution in [0.3, 0.4) is 0 Å². The van der Waals surface area contributed by atoms with Crippen LogP contribution in [-0.4, -0.2) is 23.7 Å². The highest BCUT2D eigenvalue weighted by Gasteiger charge is 2.29. The van der Waals surface area contributed by atoms with Gasteiger partial charge in [0, 0.05) is 5.69 Å². The van der Waals surface area contributed by atoms with Gasteiger partial charge in [0.25, 0.3) is 0 Å². The summed E-state index contributed by atoms with van der Waals surface area (Å²) < 4.78 is 6.55. The molecule has 5 nitrogen and oxygen atoms in total. The fourth-order valence-corrected chi connectivity index (χ4v) is 2.60. The number of halogens is 1. The smallest absolute Gasteiger partial charge is 0.327 e. The van der Waals surface area contributed by atoms with Crippen LogP contribution in [0.25, 0.3) is 0 Å². The number of amides is 2. The molecule has 1 unspecified atom stereocenters. The number of hydrogen-bond donors (Lipinski definition) is 1. The Kier molecular flexibility index (Phi) is 3.96. The summed E-state index contributed by atoms with van der Waals surface area (Å²) in [5.74, 6) is 1.20. The van der Waals surface area contributed by atoms with E-state index in [9.17, 15) is 4.79 Å². The molecule has 1 aliphatic rings. The third-order valence-electron chi connectivity index (χ3n) is 3.10. The van der Waals surface area contributed by atoms with Crippen LogP contribution in [0.4, 0.5) is 16.3 Å². The standard InChI is InChI=1S/C15H14IN3O2/c1-10-9-19(14-12(21-10)7-8-13(16)18-14)15(20)17-11-5-3-2-4-6-11/h2-8,10H,9H2,1H3,(H,17,20). The highest BCUT2D eigenvalue weighted by Crippen LogP contribution is 2.32. The number of nitrogens with zero attached hydrogens (tertiary/aromatic N) is 2. The summed E-state index contributed by atoms with van der Waals surface area (Å²) in [4.78, 5) is 18.5. The van der Waals surface area contributed by atoms with Gasteiger partial charge >= 0.3 is 6.03 Å². The third-order valence-corrected chi connectivity index (χ3v) is 3.70. The number of carbonyl (C=O) groups is 1. The van der Waals surface area contributed by atoms with E-state index in [0.29, 0.717) is 18.1 Å². The lowest BCUT2D eigenvalue weighted by Gasteiger charge is -2.32. The minimum atomic E-state index is -0.202. The van der Waals surface area contributed by atoms with Crippen molar-refractivity contribution in [3.63, 3.8) is 0 Å². The Labute approximate surface area is 136 Å². The molecule has 1 aromatic heterocycles. The van der Waals surface area contributed by atoms with Crippen molar-refractivity contribution in [1.29, 1.82) is 0 Å². The van der Waals surface area contributed by atoms with Crippen molar-refractivity contribution in [2.24, 2.45) is 0 Å². The van der Waals surface area contributed by atoms with Crippen LogP contribution in [0.2, 0.25) is 0 Å². The molecule has 0 aliphatic carbocycles. The summed E-state index contributed by atoms with van der Waals surface area (Å²) in [5.41, 5.74) is 0.758. The number of urea groups is 1. The van der Waals surface area contributed by atoms with Crippen LogP contribution < -0.4 is 15.0 Å². The van der Waals surface area contributed by atoms with Gasteiger partial charge in [-0.25, -0.2) is 9.78 Å². The number of fused-ring (bicyclic) bond motifs is 1. The Morgan fingerprint density at radius 1 is 1.33 bits per heavy atom.